The molecule has 1 rings (SSSR count). The van der Waals surface area contributed by atoms with Crippen molar-refractivity contribution in [3.05, 3.63) is 0 Å². The Kier molecular flexibility index (Phi) is 19.1. The lowest BCUT2D eigenvalue weighted by molar-refractivity contribution is -0.138. The average molecular weight is 245 g/mol. The highest BCUT2D eigenvalue weighted by molar-refractivity contribution is 6.03. The van der Waals surface area contributed by atoms with E-state index in [1.165, 1.54) is 11.3 Å². The molecule has 3 heteroatoms. The molecule has 17 heavy (non-hydrogen) atoms. The number of carbonyl (C=O) groups is 2. The number of hydrogen-bond acceptors (Lipinski definition) is 2. The van der Waals surface area contributed by atoms with Crippen LogP contribution < -0.4 is 0 Å². The quantitative estimate of drug-likeness (QED) is 0.658. The van der Waals surface area contributed by atoms with Crippen LogP contribution in [0.4, 0.5) is 0 Å². The van der Waals surface area contributed by atoms with E-state index in [9.17, 15) is 9.59 Å². The van der Waals surface area contributed by atoms with Gasteiger partial charge >= 0.3 is 0 Å². The predicted molar refractivity (Wildman–Crippen MR) is 74.8 cm³/mol. The Hall–Kier alpha value is -0.860. The maximum absolute atomic E-state index is 11.1. The molecule has 1 saturated heterocycles. The summed E-state index contributed by atoms with van der Waals surface area (Å²) in [5, 5.41) is 0. The number of rotatable bonds is 1. The predicted octanol–water partition coefficient (Wildman–Crippen LogP) is 3.87. The standard InChI is InChI=1S/C7H11NO2.C3H8.2C2H6/c1-3-8-6(9)4-5(2)7(8)10;1-3-2;2*1-2/h5H,3-4H2,1-2H3;3H2,1-2H3;2*1-2H3. The molecule has 3 nitrogen and oxygen atoms in total. The van der Waals surface area contributed by atoms with Crippen molar-refractivity contribution in [1.29, 1.82) is 0 Å². The molecule has 0 aromatic carbocycles. The van der Waals surface area contributed by atoms with Gasteiger partial charge in [-0.2, -0.15) is 0 Å². The van der Waals surface area contributed by atoms with Gasteiger partial charge in [0.2, 0.25) is 11.8 Å². The summed E-state index contributed by atoms with van der Waals surface area (Å²) in [5.41, 5.74) is 0. The van der Waals surface area contributed by atoms with E-state index in [0.29, 0.717) is 13.0 Å². The molecule has 0 aliphatic carbocycles. The number of hydrogen-bond donors (Lipinski definition) is 0. The third kappa shape index (κ3) is 8.90. The van der Waals surface area contributed by atoms with Gasteiger partial charge in [-0.1, -0.05) is 54.9 Å². The fraction of sp³-hybridized carbons (Fsp3) is 0.857. The van der Waals surface area contributed by atoms with Gasteiger partial charge < -0.3 is 0 Å². The normalized spacial score (nSPS) is 17.2. The smallest absolute Gasteiger partial charge is 0.232 e. The van der Waals surface area contributed by atoms with E-state index in [-0.39, 0.29) is 17.7 Å². The van der Waals surface area contributed by atoms with Crippen molar-refractivity contribution < 1.29 is 9.59 Å². The summed E-state index contributed by atoms with van der Waals surface area (Å²) in [4.78, 5) is 23.3. The van der Waals surface area contributed by atoms with Gasteiger partial charge in [0, 0.05) is 18.9 Å². The number of carbonyl (C=O) groups excluding carboxylic acids is 2. The van der Waals surface area contributed by atoms with Crippen LogP contribution in [0.25, 0.3) is 0 Å². The van der Waals surface area contributed by atoms with Gasteiger partial charge in [-0.05, 0) is 6.92 Å². The minimum absolute atomic E-state index is 0.0208. The zero-order valence-corrected chi connectivity index (χ0v) is 13.0. The van der Waals surface area contributed by atoms with Crippen LogP contribution in [0.2, 0.25) is 0 Å². The Morgan fingerprint density at radius 2 is 1.41 bits per heavy atom. The molecule has 1 heterocycles. The number of nitrogens with zero attached hydrogens (tertiary/aromatic N) is 1. The van der Waals surface area contributed by atoms with Crippen LogP contribution in [0.1, 0.15) is 68.2 Å². The molecule has 104 valence electrons. The van der Waals surface area contributed by atoms with E-state index in [1.54, 1.807) is 6.92 Å². The van der Waals surface area contributed by atoms with Crippen LogP contribution in [0.5, 0.6) is 0 Å². The first-order valence-electron chi connectivity index (χ1n) is 6.92. The highest BCUT2D eigenvalue weighted by Gasteiger charge is 2.33. The molecule has 1 unspecified atom stereocenters. The molecular weight excluding hydrogens is 214 g/mol. The third-order valence-electron chi connectivity index (χ3n) is 1.79. The summed E-state index contributed by atoms with van der Waals surface area (Å²) in [6.45, 7) is 16.4. The molecule has 0 N–H and O–H groups in total. The monoisotopic (exact) mass is 245 g/mol. The van der Waals surface area contributed by atoms with Gasteiger partial charge in [-0.25, -0.2) is 0 Å². The highest BCUT2D eigenvalue weighted by atomic mass is 16.2. The van der Waals surface area contributed by atoms with E-state index in [4.69, 9.17) is 0 Å². The number of amides is 2. The van der Waals surface area contributed by atoms with Crippen LogP contribution in [-0.2, 0) is 9.59 Å². The summed E-state index contributed by atoms with van der Waals surface area (Å²) in [6.07, 6.45) is 1.65. The third-order valence-corrected chi connectivity index (χ3v) is 1.79. The largest absolute Gasteiger partial charge is 0.283 e. The summed E-state index contributed by atoms with van der Waals surface area (Å²) >= 11 is 0. The molecule has 0 saturated carbocycles. The highest BCUT2D eigenvalue weighted by Crippen LogP contribution is 2.17. The van der Waals surface area contributed by atoms with Gasteiger partial charge in [0.15, 0.2) is 0 Å². The summed E-state index contributed by atoms with van der Waals surface area (Å²) in [6, 6.07) is 0. The fourth-order valence-corrected chi connectivity index (χ4v) is 1.18. The zero-order chi connectivity index (χ0) is 14.4. The number of likely N-dealkylation sites (tertiary alicyclic amines) is 1. The topological polar surface area (TPSA) is 37.4 Å². The molecule has 0 aromatic rings. The van der Waals surface area contributed by atoms with Gasteiger partial charge in [-0.3, -0.25) is 14.5 Å². The molecule has 0 aromatic heterocycles. The van der Waals surface area contributed by atoms with Crippen molar-refractivity contribution in [1.82, 2.24) is 4.90 Å². The molecule has 0 spiro atoms. The first kappa shape index (κ1) is 21.4. The second kappa shape index (κ2) is 15.1. The summed E-state index contributed by atoms with van der Waals surface area (Å²) < 4.78 is 0. The molecule has 0 bridgehead atoms. The molecule has 1 atom stereocenters. The van der Waals surface area contributed by atoms with Gasteiger partial charge in [0.05, 0.1) is 0 Å². The van der Waals surface area contributed by atoms with E-state index < -0.39 is 0 Å². The lowest BCUT2D eigenvalue weighted by Gasteiger charge is -2.09. The van der Waals surface area contributed by atoms with E-state index >= 15 is 0 Å². The molecule has 1 aliphatic rings. The minimum atomic E-state index is -0.0903. The molecular formula is C14H31NO2. The lowest BCUT2D eigenvalue weighted by Crippen LogP contribution is -2.29. The fourth-order valence-electron chi connectivity index (χ4n) is 1.18. The zero-order valence-electron chi connectivity index (χ0n) is 13.0. The Morgan fingerprint density at radius 1 is 1.06 bits per heavy atom. The van der Waals surface area contributed by atoms with Crippen LogP contribution >= 0.6 is 0 Å². The first-order chi connectivity index (χ1) is 8.08. The van der Waals surface area contributed by atoms with Crippen molar-refractivity contribution in [3.8, 4) is 0 Å². The lowest BCUT2D eigenvalue weighted by atomic mass is 10.1. The van der Waals surface area contributed by atoms with Crippen LogP contribution in [0, 0.1) is 5.92 Å². The van der Waals surface area contributed by atoms with Crippen molar-refractivity contribution in [2.24, 2.45) is 5.92 Å². The van der Waals surface area contributed by atoms with Crippen molar-refractivity contribution in [2.75, 3.05) is 6.54 Å². The Labute approximate surface area is 108 Å². The minimum Gasteiger partial charge on any atom is -0.283 e. The molecule has 0 radical (unpaired) electrons. The van der Waals surface area contributed by atoms with Crippen LogP contribution in [0.15, 0.2) is 0 Å². The van der Waals surface area contributed by atoms with Crippen LogP contribution in [0.3, 0.4) is 0 Å². The SMILES string of the molecule is CC.CC.CCC.CCN1C(=O)CC(C)C1=O. The van der Waals surface area contributed by atoms with Crippen molar-refractivity contribution in [3.63, 3.8) is 0 Å². The van der Waals surface area contributed by atoms with Crippen LogP contribution in [-0.4, -0.2) is 23.3 Å². The Balaban J connectivity index is -0.000000239. The second-order valence-corrected chi connectivity index (χ2v) is 3.29. The summed E-state index contributed by atoms with van der Waals surface area (Å²) in [7, 11) is 0. The van der Waals surface area contributed by atoms with E-state index in [1.807, 2.05) is 34.6 Å². The van der Waals surface area contributed by atoms with E-state index in [0.717, 1.165) is 0 Å². The van der Waals surface area contributed by atoms with E-state index in [2.05, 4.69) is 13.8 Å². The molecule has 2 amide bonds. The molecule has 1 aliphatic heterocycles. The van der Waals surface area contributed by atoms with Crippen molar-refractivity contribution >= 4 is 11.8 Å². The maximum Gasteiger partial charge on any atom is 0.232 e. The van der Waals surface area contributed by atoms with Gasteiger partial charge in [0.1, 0.15) is 0 Å². The second-order valence-electron chi connectivity index (χ2n) is 3.29. The Bertz CT molecular complexity index is 191. The first-order valence-corrected chi connectivity index (χ1v) is 6.92. The van der Waals surface area contributed by atoms with Gasteiger partial charge in [0.25, 0.3) is 0 Å². The summed E-state index contributed by atoms with van der Waals surface area (Å²) in [5.74, 6) is -0.139. The van der Waals surface area contributed by atoms with Crippen molar-refractivity contribution in [2.45, 2.75) is 68.2 Å². The van der Waals surface area contributed by atoms with Gasteiger partial charge in [-0.15, -0.1) is 0 Å². The average Bonchev–Trinajstić information content (AvgIpc) is 2.59. The number of imide groups is 1. The Morgan fingerprint density at radius 3 is 1.53 bits per heavy atom. The molecule has 1 fully saturated rings. The maximum atomic E-state index is 11.1.